The highest BCUT2D eigenvalue weighted by Gasteiger charge is 2.34. The number of carbonyl (C=O) groups excluding carboxylic acids is 2. The Morgan fingerprint density at radius 1 is 0.958 bits per heavy atom. The second-order valence-corrected chi connectivity index (χ2v) is 6.59. The molecule has 1 aliphatic heterocycles. The SMILES string of the molecule is Cc1csc(-c2ccc(CN3C(=O)c4ccccc4C3=O)cc2)n1. The highest BCUT2D eigenvalue weighted by molar-refractivity contribution is 7.13. The predicted molar refractivity (Wildman–Crippen MR) is 92.9 cm³/mol. The number of fused-ring (bicyclic) bond motifs is 1. The van der Waals surface area contributed by atoms with Crippen molar-refractivity contribution >= 4 is 23.2 Å². The van der Waals surface area contributed by atoms with E-state index >= 15 is 0 Å². The largest absolute Gasteiger partial charge is 0.270 e. The highest BCUT2D eigenvalue weighted by atomic mass is 32.1. The van der Waals surface area contributed by atoms with E-state index in [1.54, 1.807) is 35.6 Å². The van der Waals surface area contributed by atoms with Gasteiger partial charge in [-0.3, -0.25) is 14.5 Å². The first-order valence-electron chi connectivity index (χ1n) is 7.60. The van der Waals surface area contributed by atoms with Crippen molar-refractivity contribution in [3.8, 4) is 10.6 Å². The van der Waals surface area contributed by atoms with E-state index in [-0.39, 0.29) is 18.4 Å². The molecule has 3 aromatic rings. The van der Waals surface area contributed by atoms with Gasteiger partial charge in [-0.2, -0.15) is 0 Å². The molecule has 24 heavy (non-hydrogen) atoms. The van der Waals surface area contributed by atoms with Crippen molar-refractivity contribution in [2.75, 3.05) is 0 Å². The van der Waals surface area contributed by atoms with E-state index in [4.69, 9.17) is 0 Å². The monoisotopic (exact) mass is 334 g/mol. The molecule has 0 N–H and O–H groups in total. The summed E-state index contributed by atoms with van der Waals surface area (Å²) in [6.45, 7) is 2.25. The van der Waals surface area contributed by atoms with Gasteiger partial charge in [0.1, 0.15) is 5.01 Å². The molecular weight excluding hydrogens is 320 g/mol. The molecule has 4 nitrogen and oxygen atoms in total. The fourth-order valence-corrected chi connectivity index (χ4v) is 3.61. The first-order chi connectivity index (χ1) is 11.6. The molecule has 2 aromatic carbocycles. The zero-order valence-corrected chi connectivity index (χ0v) is 13.8. The summed E-state index contributed by atoms with van der Waals surface area (Å²) in [4.78, 5) is 30.6. The van der Waals surface area contributed by atoms with Crippen molar-refractivity contribution in [1.82, 2.24) is 9.88 Å². The van der Waals surface area contributed by atoms with Crippen molar-refractivity contribution in [1.29, 1.82) is 0 Å². The molecule has 0 fully saturated rings. The van der Waals surface area contributed by atoms with Gasteiger partial charge < -0.3 is 0 Å². The van der Waals surface area contributed by atoms with Gasteiger partial charge in [0.15, 0.2) is 0 Å². The van der Waals surface area contributed by atoms with Gasteiger partial charge in [-0.1, -0.05) is 36.4 Å². The van der Waals surface area contributed by atoms with Crippen LogP contribution in [-0.4, -0.2) is 21.7 Å². The molecule has 0 bridgehead atoms. The van der Waals surface area contributed by atoms with E-state index < -0.39 is 0 Å². The summed E-state index contributed by atoms with van der Waals surface area (Å²) in [6, 6.07) is 14.8. The van der Waals surface area contributed by atoms with E-state index in [1.807, 2.05) is 36.6 Å². The van der Waals surface area contributed by atoms with Crippen LogP contribution in [0.4, 0.5) is 0 Å². The Bertz CT molecular complexity index is 909. The zero-order valence-electron chi connectivity index (χ0n) is 13.0. The third kappa shape index (κ3) is 2.43. The van der Waals surface area contributed by atoms with E-state index in [9.17, 15) is 9.59 Å². The fraction of sp³-hybridized carbons (Fsp3) is 0.105. The molecule has 2 amide bonds. The van der Waals surface area contributed by atoms with Crippen LogP contribution in [0.2, 0.25) is 0 Å². The highest BCUT2D eigenvalue weighted by Crippen LogP contribution is 2.26. The number of imide groups is 1. The minimum Gasteiger partial charge on any atom is -0.270 e. The maximum atomic E-state index is 12.4. The number of hydrogen-bond donors (Lipinski definition) is 0. The zero-order chi connectivity index (χ0) is 16.7. The third-order valence-electron chi connectivity index (χ3n) is 4.04. The molecule has 0 radical (unpaired) electrons. The first kappa shape index (κ1) is 14.8. The molecule has 0 atom stereocenters. The number of thiazole rings is 1. The Balaban J connectivity index is 1.56. The normalized spacial score (nSPS) is 13.5. The van der Waals surface area contributed by atoms with Crippen LogP contribution >= 0.6 is 11.3 Å². The standard InChI is InChI=1S/C19H14N2O2S/c1-12-11-24-17(20-12)14-8-6-13(7-9-14)10-21-18(22)15-4-2-3-5-16(15)19(21)23/h2-9,11H,10H2,1H3. The number of carbonyl (C=O) groups is 2. The van der Waals surface area contributed by atoms with Crippen LogP contribution in [0.25, 0.3) is 10.6 Å². The maximum Gasteiger partial charge on any atom is 0.261 e. The smallest absolute Gasteiger partial charge is 0.261 e. The summed E-state index contributed by atoms with van der Waals surface area (Å²) in [5.74, 6) is -0.453. The molecule has 0 spiro atoms. The van der Waals surface area contributed by atoms with Gasteiger partial charge in [-0.15, -0.1) is 11.3 Å². The third-order valence-corrected chi connectivity index (χ3v) is 5.05. The number of nitrogens with zero attached hydrogens (tertiary/aromatic N) is 2. The number of benzene rings is 2. The van der Waals surface area contributed by atoms with Gasteiger partial charge in [0.25, 0.3) is 11.8 Å². The predicted octanol–water partition coefficient (Wildman–Crippen LogP) is 3.91. The Hall–Kier alpha value is -2.79. The van der Waals surface area contributed by atoms with Crippen molar-refractivity contribution in [2.24, 2.45) is 0 Å². The average molecular weight is 334 g/mol. The topological polar surface area (TPSA) is 50.3 Å². The van der Waals surface area contributed by atoms with Crippen LogP contribution in [0.15, 0.2) is 53.9 Å². The lowest BCUT2D eigenvalue weighted by molar-refractivity contribution is 0.0642. The Morgan fingerprint density at radius 3 is 2.12 bits per heavy atom. The van der Waals surface area contributed by atoms with Crippen molar-refractivity contribution < 1.29 is 9.59 Å². The van der Waals surface area contributed by atoms with Crippen LogP contribution in [-0.2, 0) is 6.54 Å². The van der Waals surface area contributed by atoms with Gasteiger partial charge in [-0.05, 0) is 24.6 Å². The second-order valence-electron chi connectivity index (χ2n) is 5.73. The lowest BCUT2D eigenvalue weighted by Gasteiger charge is -2.14. The average Bonchev–Trinajstić information content (AvgIpc) is 3.14. The quantitative estimate of drug-likeness (QED) is 0.682. The number of aromatic nitrogens is 1. The number of rotatable bonds is 3. The lowest BCUT2D eigenvalue weighted by Crippen LogP contribution is -2.29. The van der Waals surface area contributed by atoms with Gasteiger partial charge in [-0.25, -0.2) is 4.98 Å². The minimum absolute atomic E-state index is 0.227. The van der Waals surface area contributed by atoms with E-state index in [1.165, 1.54) is 4.90 Å². The number of amides is 2. The maximum absolute atomic E-state index is 12.4. The van der Waals surface area contributed by atoms with E-state index in [0.29, 0.717) is 11.1 Å². The molecule has 0 saturated heterocycles. The number of hydrogen-bond acceptors (Lipinski definition) is 4. The van der Waals surface area contributed by atoms with Gasteiger partial charge >= 0.3 is 0 Å². The van der Waals surface area contributed by atoms with E-state index in [2.05, 4.69) is 4.98 Å². The molecule has 0 saturated carbocycles. The van der Waals surface area contributed by atoms with E-state index in [0.717, 1.165) is 21.8 Å². The first-order valence-corrected chi connectivity index (χ1v) is 8.48. The minimum atomic E-state index is -0.227. The molecule has 0 unspecified atom stereocenters. The summed E-state index contributed by atoms with van der Waals surface area (Å²) < 4.78 is 0. The van der Waals surface area contributed by atoms with Gasteiger partial charge in [0, 0.05) is 16.6 Å². The summed E-state index contributed by atoms with van der Waals surface area (Å²) in [6.07, 6.45) is 0. The molecule has 1 aliphatic rings. The second kappa shape index (κ2) is 5.69. The van der Waals surface area contributed by atoms with Crippen LogP contribution in [0.3, 0.4) is 0 Å². The molecule has 0 aliphatic carbocycles. The van der Waals surface area contributed by atoms with Crippen molar-refractivity contribution in [3.63, 3.8) is 0 Å². The Kier molecular flexibility index (Phi) is 3.50. The molecule has 5 heteroatoms. The van der Waals surface area contributed by atoms with Crippen LogP contribution < -0.4 is 0 Å². The molecule has 118 valence electrons. The summed E-state index contributed by atoms with van der Waals surface area (Å²) in [5, 5.41) is 2.99. The summed E-state index contributed by atoms with van der Waals surface area (Å²) in [7, 11) is 0. The van der Waals surface area contributed by atoms with Crippen molar-refractivity contribution in [2.45, 2.75) is 13.5 Å². The van der Waals surface area contributed by atoms with Crippen LogP contribution in [0, 0.1) is 6.92 Å². The van der Waals surface area contributed by atoms with Crippen molar-refractivity contribution in [3.05, 3.63) is 76.3 Å². The summed E-state index contributed by atoms with van der Waals surface area (Å²) >= 11 is 1.60. The Labute approximate surface area is 143 Å². The van der Waals surface area contributed by atoms with Gasteiger partial charge in [0.2, 0.25) is 0 Å². The fourth-order valence-electron chi connectivity index (χ4n) is 2.80. The lowest BCUT2D eigenvalue weighted by atomic mass is 10.1. The molecule has 1 aromatic heterocycles. The molecule has 4 rings (SSSR count). The Morgan fingerprint density at radius 2 is 1.58 bits per heavy atom. The summed E-state index contributed by atoms with van der Waals surface area (Å²) in [5.41, 5.74) is 3.93. The molecular formula is C19H14N2O2S. The molecule has 2 heterocycles. The number of aryl methyl sites for hydroxylation is 1. The van der Waals surface area contributed by atoms with Crippen LogP contribution in [0.1, 0.15) is 32.0 Å². The van der Waals surface area contributed by atoms with Crippen LogP contribution in [0.5, 0.6) is 0 Å². The van der Waals surface area contributed by atoms with Gasteiger partial charge in [0.05, 0.1) is 17.7 Å².